The number of benzene rings is 1. The number of carboxylic acids is 1. The third-order valence-electron chi connectivity index (χ3n) is 2.29. The molecule has 3 N–H and O–H groups in total. The molecule has 1 aromatic carbocycles. The lowest BCUT2D eigenvalue weighted by Gasteiger charge is -2.13. The molecule has 0 spiro atoms. The van der Waals surface area contributed by atoms with Crippen LogP contribution in [0.5, 0.6) is 0 Å². The standard InChI is InChI=1S/C11H13Cl2NO2/c12-8-4-1-3-7(11(8)13)9(14)5-2-6-10(15)16/h1,3-4,9H,2,5-6,14H2,(H,15,16). The molecular weight excluding hydrogens is 249 g/mol. The van der Waals surface area contributed by atoms with E-state index in [4.69, 9.17) is 34.0 Å². The molecule has 5 heteroatoms. The molecule has 0 fully saturated rings. The van der Waals surface area contributed by atoms with Crippen molar-refractivity contribution in [1.29, 1.82) is 0 Å². The zero-order chi connectivity index (χ0) is 12.1. The molecule has 1 aromatic rings. The largest absolute Gasteiger partial charge is 0.481 e. The van der Waals surface area contributed by atoms with E-state index < -0.39 is 5.97 Å². The van der Waals surface area contributed by atoms with Gasteiger partial charge in [0.15, 0.2) is 0 Å². The molecular formula is C11H13Cl2NO2. The Kier molecular flexibility index (Phi) is 5.06. The minimum absolute atomic E-state index is 0.117. The van der Waals surface area contributed by atoms with Crippen LogP contribution >= 0.6 is 23.2 Å². The van der Waals surface area contributed by atoms with E-state index in [1.807, 2.05) is 0 Å². The van der Waals surface area contributed by atoms with Gasteiger partial charge in [0.25, 0.3) is 0 Å². The van der Waals surface area contributed by atoms with E-state index in [0.29, 0.717) is 22.9 Å². The van der Waals surface area contributed by atoms with E-state index in [2.05, 4.69) is 0 Å². The van der Waals surface area contributed by atoms with Crippen LogP contribution in [0.3, 0.4) is 0 Å². The molecule has 0 amide bonds. The number of halogens is 2. The molecule has 0 aliphatic carbocycles. The number of nitrogens with two attached hydrogens (primary N) is 1. The second kappa shape index (κ2) is 6.09. The molecule has 0 radical (unpaired) electrons. The Morgan fingerprint density at radius 2 is 2.12 bits per heavy atom. The zero-order valence-electron chi connectivity index (χ0n) is 8.62. The number of hydrogen-bond donors (Lipinski definition) is 2. The van der Waals surface area contributed by atoms with Crippen LogP contribution in [0.1, 0.15) is 30.9 Å². The lowest BCUT2D eigenvalue weighted by Crippen LogP contribution is -2.11. The summed E-state index contributed by atoms with van der Waals surface area (Å²) in [5.41, 5.74) is 6.68. The number of aliphatic carboxylic acids is 1. The average Bonchev–Trinajstić information content (AvgIpc) is 2.21. The van der Waals surface area contributed by atoms with Gasteiger partial charge in [0.2, 0.25) is 0 Å². The fraction of sp³-hybridized carbons (Fsp3) is 0.364. The Bertz CT molecular complexity index is 382. The highest BCUT2D eigenvalue weighted by molar-refractivity contribution is 6.42. The molecule has 1 atom stereocenters. The lowest BCUT2D eigenvalue weighted by molar-refractivity contribution is -0.137. The summed E-state index contributed by atoms with van der Waals surface area (Å²) in [7, 11) is 0. The van der Waals surface area contributed by atoms with Gasteiger partial charge in [-0.05, 0) is 24.5 Å². The van der Waals surface area contributed by atoms with Gasteiger partial charge < -0.3 is 10.8 Å². The summed E-state index contributed by atoms with van der Waals surface area (Å²) in [5, 5.41) is 9.42. The Morgan fingerprint density at radius 3 is 2.75 bits per heavy atom. The molecule has 0 aliphatic rings. The van der Waals surface area contributed by atoms with Crippen molar-refractivity contribution in [3.05, 3.63) is 33.8 Å². The Balaban J connectivity index is 2.62. The number of hydrogen-bond acceptors (Lipinski definition) is 2. The number of carbonyl (C=O) groups is 1. The van der Waals surface area contributed by atoms with E-state index in [1.54, 1.807) is 18.2 Å². The first-order chi connectivity index (χ1) is 7.52. The molecule has 3 nitrogen and oxygen atoms in total. The SMILES string of the molecule is NC(CCCC(=O)O)c1cccc(Cl)c1Cl. The maximum atomic E-state index is 10.4. The molecule has 16 heavy (non-hydrogen) atoms. The highest BCUT2D eigenvalue weighted by atomic mass is 35.5. The molecule has 0 aliphatic heterocycles. The van der Waals surface area contributed by atoms with E-state index in [0.717, 1.165) is 5.56 Å². The summed E-state index contributed by atoms with van der Waals surface area (Å²) in [4.78, 5) is 10.4. The van der Waals surface area contributed by atoms with E-state index >= 15 is 0 Å². The first kappa shape index (κ1) is 13.3. The highest BCUT2D eigenvalue weighted by Gasteiger charge is 2.12. The van der Waals surface area contributed by atoms with Gasteiger partial charge in [0, 0.05) is 12.5 Å². The minimum atomic E-state index is -0.815. The van der Waals surface area contributed by atoms with Gasteiger partial charge in [-0.2, -0.15) is 0 Å². The molecule has 1 rings (SSSR count). The van der Waals surface area contributed by atoms with E-state index in [9.17, 15) is 4.79 Å². The maximum Gasteiger partial charge on any atom is 0.303 e. The molecule has 0 bridgehead atoms. The maximum absolute atomic E-state index is 10.4. The summed E-state index contributed by atoms with van der Waals surface area (Å²) >= 11 is 11.9. The average molecular weight is 262 g/mol. The summed E-state index contributed by atoms with van der Waals surface area (Å²) in [5.74, 6) is -0.815. The van der Waals surface area contributed by atoms with Crippen molar-refractivity contribution in [2.75, 3.05) is 0 Å². The third kappa shape index (κ3) is 3.67. The van der Waals surface area contributed by atoms with Crippen molar-refractivity contribution in [3.8, 4) is 0 Å². The van der Waals surface area contributed by atoms with Crippen LogP contribution in [0.2, 0.25) is 10.0 Å². The van der Waals surface area contributed by atoms with Crippen LogP contribution in [-0.2, 0) is 4.79 Å². The van der Waals surface area contributed by atoms with Crippen molar-refractivity contribution < 1.29 is 9.90 Å². The summed E-state index contributed by atoms with van der Waals surface area (Å²) in [6.45, 7) is 0. The molecule has 0 heterocycles. The first-order valence-corrected chi connectivity index (χ1v) is 5.69. The Morgan fingerprint density at radius 1 is 1.44 bits per heavy atom. The summed E-state index contributed by atoms with van der Waals surface area (Å²) < 4.78 is 0. The Labute approximate surface area is 104 Å². The summed E-state index contributed by atoms with van der Waals surface area (Å²) in [6, 6.07) is 5.00. The predicted octanol–water partition coefficient (Wildman–Crippen LogP) is 3.25. The lowest BCUT2D eigenvalue weighted by atomic mass is 10.0. The van der Waals surface area contributed by atoms with Gasteiger partial charge >= 0.3 is 5.97 Å². The van der Waals surface area contributed by atoms with Crippen LogP contribution in [-0.4, -0.2) is 11.1 Å². The van der Waals surface area contributed by atoms with Crippen LogP contribution in [0.15, 0.2) is 18.2 Å². The monoisotopic (exact) mass is 261 g/mol. The fourth-order valence-corrected chi connectivity index (χ4v) is 1.88. The highest BCUT2D eigenvalue weighted by Crippen LogP contribution is 2.30. The quantitative estimate of drug-likeness (QED) is 0.856. The molecule has 0 saturated carbocycles. The van der Waals surface area contributed by atoms with Crippen molar-refractivity contribution >= 4 is 29.2 Å². The van der Waals surface area contributed by atoms with Crippen molar-refractivity contribution in [3.63, 3.8) is 0 Å². The zero-order valence-corrected chi connectivity index (χ0v) is 10.1. The number of carboxylic acid groups (broad SMARTS) is 1. The van der Waals surface area contributed by atoms with Gasteiger partial charge in [0.05, 0.1) is 10.0 Å². The van der Waals surface area contributed by atoms with Crippen molar-refractivity contribution in [2.24, 2.45) is 5.73 Å². The molecule has 0 aromatic heterocycles. The second-order valence-electron chi connectivity index (χ2n) is 3.54. The van der Waals surface area contributed by atoms with E-state index in [-0.39, 0.29) is 12.5 Å². The predicted molar refractivity (Wildman–Crippen MR) is 64.9 cm³/mol. The van der Waals surface area contributed by atoms with Gasteiger partial charge in [-0.15, -0.1) is 0 Å². The fourth-order valence-electron chi connectivity index (χ4n) is 1.44. The van der Waals surface area contributed by atoms with Gasteiger partial charge in [0.1, 0.15) is 0 Å². The van der Waals surface area contributed by atoms with Crippen LogP contribution in [0.4, 0.5) is 0 Å². The van der Waals surface area contributed by atoms with Crippen LogP contribution in [0.25, 0.3) is 0 Å². The molecule has 1 unspecified atom stereocenters. The molecule has 88 valence electrons. The van der Waals surface area contributed by atoms with Gasteiger partial charge in [-0.1, -0.05) is 35.3 Å². The van der Waals surface area contributed by atoms with Gasteiger partial charge in [-0.25, -0.2) is 0 Å². The number of rotatable bonds is 5. The normalized spacial score (nSPS) is 12.4. The van der Waals surface area contributed by atoms with Crippen LogP contribution < -0.4 is 5.73 Å². The van der Waals surface area contributed by atoms with Crippen molar-refractivity contribution in [1.82, 2.24) is 0 Å². The first-order valence-electron chi connectivity index (χ1n) is 4.93. The van der Waals surface area contributed by atoms with Gasteiger partial charge in [-0.3, -0.25) is 4.79 Å². The topological polar surface area (TPSA) is 63.3 Å². The molecule has 0 saturated heterocycles. The summed E-state index contributed by atoms with van der Waals surface area (Å²) in [6.07, 6.45) is 1.22. The second-order valence-corrected chi connectivity index (χ2v) is 4.32. The van der Waals surface area contributed by atoms with E-state index in [1.165, 1.54) is 0 Å². The Hall–Kier alpha value is -0.770. The van der Waals surface area contributed by atoms with Crippen LogP contribution in [0, 0.1) is 0 Å². The third-order valence-corrected chi connectivity index (χ3v) is 3.12. The van der Waals surface area contributed by atoms with Crippen molar-refractivity contribution in [2.45, 2.75) is 25.3 Å². The minimum Gasteiger partial charge on any atom is -0.481 e. The smallest absolute Gasteiger partial charge is 0.303 e.